The average molecular weight is 390 g/mol. The van der Waals surface area contributed by atoms with E-state index in [2.05, 4.69) is 31.2 Å². The van der Waals surface area contributed by atoms with Gasteiger partial charge < -0.3 is 19.2 Å². The van der Waals surface area contributed by atoms with Crippen molar-refractivity contribution in [1.82, 2.24) is 19.1 Å². The molecule has 0 saturated heterocycles. The van der Waals surface area contributed by atoms with Crippen LogP contribution in [0.25, 0.3) is 5.69 Å². The molecule has 0 atom stereocenters. The zero-order chi connectivity index (χ0) is 17.3. The maximum Gasteiger partial charge on any atom is 0.291 e. The van der Waals surface area contributed by atoms with Crippen LogP contribution < -0.4 is 10.1 Å². The molecular weight excluding hydrogens is 374 g/mol. The van der Waals surface area contributed by atoms with Crippen LogP contribution in [0.3, 0.4) is 0 Å². The first kappa shape index (κ1) is 16.3. The molecule has 8 heteroatoms. The van der Waals surface area contributed by atoms with Crippen LogP contribution in [-0.4, -0.2) is 32.1 Å². The highest BCUT2D eigenvalue weighted by Crippen LogP contribution is 2.27. The Bertz CT molecular complexity index is 900. The number of ether oxygens (including phenoxy) is 1. The second-order valence-corrected chi connectivity index (χ2v) is 6.07. The number of imidazole rings is 2. The lowest BCUT2D eigenvalue weighted by Crippen LogP contribution is -2.16. The van der Waals surface area contributed by atoms with Gasteiger partial charge in [-0.2, -0.15) is 0 Å². The van der Waals surface area contributed by atoms with Gasteiger partial charge in [0, 0.05) is 31.2 Å². The van der Waals surface area contributed by atoms with Crippen LogP contribution in [0.4, 0.5) is 5.69 Å². The van der Waals surface area contributed by atoms with E-state index >= 15 is 0 Å². The highest BCUT2D eigenvalue weighted by atomic mass is 79.9. The minimum atomic E-state index is -0.295. The molecule has 0 aliphatic heterocycles. The summed E-state index contributed by atoms with van der Waals surface area (Å²) in [6.45, 7) is 1.92. The molecule has 7 nitrogen and oxygen atoms in total. The largest absolute Gasteiger partial charge is 0.494 e. The molecule has 0 saturated carbocycles. The molecule has 1 N–H and O–H groups in total. The molecule has 1 aromatic carbocycles. The van der Waals surface area contributed by atoms with E-state index in [9.17, 15) is 4.79 Å². The number of nitrogens with one attached hydrogen (secondary N) is 1. The van der Waals surface area contributed by atoms with Gasteiger partial charge in [-0.3, -0.25) is 4.79 Å². The lowest BCUT2D eigenvalue weighted by atomic mass is 10.2. The van der Waals surface area contributed by atoms with Crippen LogP contribution in [0, 0.1) is 6.92 Å². The molecule has 0 aliphatic rings. The Morgan fingerprint density at radius 1 is 1.33 bits per heavy atom. The minimum absolute atomic E-state index is 0.295. The van der Waals surface area contributed by atoms with E-state index in [-0.39, 0.29) is 5.91 Å². The number of anilines is 1. The van der Waals surface area contributed by atoms with Crippen molar-refractivity contribution in [2.24, 2.45) is 7.05 Å². The fraction of sp³-hybridized carbons (Fsp3) is 0.188. The number of carbonyl (C=O) groups is 1. The number of aryl methyl sites for hydroxylation is 2. The average Bonchev–Trinajstić information content (AvgIpc) is 3.12. The molecule has 1 amide bonds. The number of hydrogen-bond donors (Lipinski definition) is 1. The van der Waals surface area contributed by atoms with Crippen LogP contribution in [0.5, 0.6) is 5.75 Å². The number of methoxy groups -OCH3 is 1. The Hall–Kier alpha value is -2.61. The van der Waals surface area contributed by atoms with Gasteiger partial charge in [0.25, 0.3) is 5.91 Å². The number of hydrogen-bond acceptors (Lipinski definition) is 4. The molecule has 3 rings (SSSR count). The molecule has 0 spiro atoms. The number of rotatable bonds is 4. The lowest BCUT2D eigenvalue weighted by molar-refractivity contribution is 0.101. The van der Waals surface area contributed by atoms with Crippen molar-refractivity contribution in [2.75, 3.05) is 12.4 Å². The van der Waals surface area contributed by atoms with Crippen LogP contribution >= 0.6 is 15.9 Å². The smallest absolute Gasteiger partial charge is 0.291 e. The zero-order valence-electron chi connectivity index (χ0n) is 13.4. The fourth-order valence-electron chi connectivity index (χ4n) is 2.35. The molecule has 0 aliphatic carbocycles. The maximum absolute atomic E-state index is 12.3. The third-order valence-electron chi connectivity index (χ3n) is 3.48. The van der Waals surface area contributed by atoms with Gasteiger partial charge in [0.15, 0.2) is 5.82 Å². The summed E-state index contributed by atoms with van der Waals surface area (Å²) in [6, 6.07) is 5.44. The SMILES string of the molecule is COc1cc(NC(=O)c2nc(Br)cn2C)ccc1-n1cnc(C)c1. The summed E-state index contributed by atoms with van der Waals surface area (Å²) < 4.78 is 9.57. The van der Waals surface area contributed by atoms with Crippen molar-refractivity contribution in [1.29, 1.82) is 0 Å². The Labute approximate surface area is 147 Å². The van der Waals surface area contributed by atoms with Gasteiger partial charge in [-0.15, -0.1) is 0 Å². The summed E-state index contributed by atoms with van der Waals surface area (Å²) in [6.07, 6.45) is 5.35. The fourth-order valence-corrected chi connectivity index (χ4v) is 2.82. The summed E-state index contributed by atoms with van der Waals surface area (Å²) in [5, 5.41) is 2.82. The van der Waals surface area contributed by atoms with E-state index < -0.39 is 0 Å². The van der Waals surface area contributed by atoms with Crippen LogP contribution in [0.15, 0.2) is 41.5 Å². The first-order valence-electron chi connectivity index (χ1n) is 7.17. The van der Waals surface area contributed by atoms with E-state index in [4.69, 9.17) is 4.74 Å². The molecular formula is C16H16BrN5O2. The maximum atomic E-state index is 12.3. The predicted octanol–water partition coefficient (Wildman–Crippen LogP) is 2.94. The van der Waals surface area contributed by atoms with E-state index in [0.717, 1.165) is 11.4 Å². The van der Waals surface area contributed by atoms with E-state index in [1.54, 1.807) is 37.3 Å². The molecule has 124 valence electrons. The Morgan fingerprint density at radius 3 is 2.71 bits per heavy atom. The van der Waals surface area contributed by atoms with Crippen LogP contribution in [0.1, 0.15) is 16.3 Å². The van der Waals surface area contributed by atoms with Gasteiger partial charge in [-0.05, 0) is 35.0 Å². The van der Waals surface area contributed by atoms with Gasteiger partial charge in [0.1, 0.15) is 10.4 Å². The highest BCUT2D eigenvalue weighted by Gasteiger charge is 2.14. The summed E-state index contributed by atoms with van der Waals surface area (Å²) in [7, 11) is 3.35. The third-order valence-corrected chi connectivity index (χ3v) is 3.86. The van der Waals surface area contributed by atoms with Crippen molar-refractivity contribution in [3.05, 3.63) is 53.0 Å². The normalized spacial score (nSPS) is 10.7. The first-order chi connectivity index (χ1) is 11.5. The predicted molar refractivity (Wildman–Crippen MR) is 93.7 cm³/mol. The molecule has 0 fully saturated rings. The standard InChI is InChI=1S/C16H16BrN5O2/c1-10-7-22(9-18-10)12-5-4-11(6-13(12)24-3)19-16(23)15-20-14(17)8-21(15)2/h4-9H,1-3H3,(H,19,23). The third kappa shape index (κ3) is 3.18. The van der Waals surface area contributed by atoms with Gasteiger partial charge in [0.05, 0.1) is 24.8 Å². The molecule has 3 aromatic rings. The molecule has 2 heterocycles. The van der Waals surface area contributed by atoms with Gasteiger partial charge in [0.2, 0.25) is 0 Å². The lowest BCUT2D eigenvalue weighted by Gasteiger charge is -2.12. The molecule has 2 aromatic heterocycles. The number of nitrogens with zero attached hydrogens (tertiary/aromatic N) is 4. The van der Waals surface area contributed by atoms with Crippen molar-refractivity contribution in [3.8, 4) is 11.4 Å². The number of amides is 1. The molecule has 0 bridgehead atoms. The quantitative estimate of drug-likeness (QED) is 0.744. The Balaban J connectivity index is 1.87. The van der Waals surface area contributed by atoms with E-state index in [0.29, 0.717) is 21.9 Å². The monoisotopic (exact) mass is 389 g/mol. The van der Waals surface area contributed by atoms with Gasteiger partial charge in [-0.25, -0.2) is 9.97 Å². The molecule has 0 radical (unpaired) electrons. The second-order valence-electron chi connectivity index (χ2n) is 5.26. The van der Waals surface area contributed by atoms with Gasteiger partial charge >= 0.3 is 0 Å². The number of aromatic nitrogens is 4. The first-order valence-corrected chi connectivity index (χ1v) is 7.96. The topological polar surface area (TPSA) is 74.0 Å². The summed E-state index contributed by atoms with van der Waals surface area (Å²) in [5.74, 6) is 0.651. The zero-order valence-corrected chi connectivity index (χ0v) is 15.0. The number of halogens is 1. The Kier molecular flexibility index (Phi) is 4.39. The van der Waals surface area contributed by atoms with Crippen LogP contribution in [0.2, 0.25) is 0 Å². The van der Waals surface area contributed by atoms with Crippen molar-refractivity contribution in [3.63, 3.8) is 0 Å². The summed E-state index contributed by atoms with van der Waals surface area (Å²) >= 11 is 3.26. The van der Waals surface area contributed by atoms with Crippen molar-refractivity contribution >= 4 is 27.5 Å². The van der Waals surface area contributed by atoms with Crippen molar-refractivity contribution < 1.29 is 9.53 Å². The number of benzene rings is 1. The van der Waals surface area contributed by atoms with E-state index in [1.165, 1.54) is 0 Å². The molecule has 24 heavy (non-hydrogen) atoms. The second kappa shape index (κ2) is 6.48. The number of carbonyl (C=O) groups excluding carboxylic acids is 1. The van der Waals surface area contributed by atoms with E-state index in [1.807, 2.05) is 29.8 Å². The van der Waals surface area contributed by atoms with Crippen molar-refractivity contribution in [2.45, 2.75) is 6.92 Å². The molecule has 0 unspecified atom stereocenters. The highest BCUT2D eigenvalue weighted by molar-refractivity contribution is 9.10. The minimum Gasteiger partial charge on any atom is -0.494 e. The van der Waals surface area contributed by atoms with Gasteiger partial charge in [-0.1, -0.05) is 0 Å². The summed E-state index contributed by atoms with van der Waals surface area (Å²) in [4.78, 5) is 20.7. The Morgan fingerprint density at radius 2 is 2.12 bits per heavy atom. The van der Waals surface area contributed by atoms with Crippen LogP contribution in [-0.2, 0) is 7.05 Å². The summed E-state index contributed by atoms with van der Waals surface area (Å²) in [5.41, 5.74) is 2.38.